The maximum Gasteiger partial charge on any atom is 0.111 e. The minimum Gasteiger partial charge on any atom is -0.356 e. The quantitative estimate of drug-likeness (QED) is 0.680. The predicted octanol–water partition coefficient (Wildman–Crippen LogP) is 2.39. The summed E-state index contributed by atoms with van der Waals surface area (Å²) in [7, 11) is 2.04. The highest BCUT2D eigenvalue weighted by atomic mass is 15.5. The monoisotopic (exact) mass is 223 g/mol. The highest BCUT2D eigenvalue weighted by molar-refractivity contribution is 5.55. The molecule has 92 valence electrons. The summed E-state index contributed by atoms with van der Waals surface area (Å²) in [4.78, 5) is 2.45. The minimum atomic E-state index is 0.471. The molecule has 1 fully saturated rings. The van der Waals surface area contributed by atoms with E-state index in [-0.39, 0.29) is 0 Å². The third-order valence-corrected chi connectivity index (χ3v) is 4.18. The van der Waals surface area contributed by atoms with Crippen LogP contribution in [0.1, 0.15) is 40.0 Å². The lowest BCUT2D eigenvalue weighted by molar-refractivity contribution is 0.204. The van der Waals surface area contributed by atoms with Crippen molar-refractivity contribution < 1.29 is 0 Å². The van der Waals surface area contributed by atoms with E-state index in [1.54, 1.807) is 0 Å². The van der Waals surface area contributed by atoms with Gasteiger partial charge in [0.1, 0.15) is 6.34 Å². The minimum absolute atomic E-state index is 0.471. The zero-order valence-electron chi connectivity index (χ0n) is 11.1. The van der Waals surface area contributed by atoms with Crippen molar-refractivity contribution in [1.82, 2.24) is 9.91 Å². The molecule has 0 aromatic carbocycles. The Morgan fingerprint density at radius 3 is 2.44 bits per heavy atom. The third-order valence-electron chi connectivity index (χ3n) is 4.18. The van der Waals surface area contributed by atoms with Crippen molar-refractivity contribution in [2.45, 2.75) is 46.1 Å². The van der Waals surface area contributed by atoms with E-state index in [0.717, 1.165) is 25.0 Å². The van der Waals surface area contributed by atoms with Crippen molar-refractivity contribution in [3.63, 3.8) is 0 Å². The molecule has 2 atom stereocenters. The normalized spacial score (nSPS) is 31.2. The molecule has 0 saturated heterocycles. The maximum atomic E-state index is 4.38. The number of rotatable bonds is 1. The van der Waals surface area contributed by atoms with Crippen molar-refractivity contribution in [3.05, 3.63) is 0 Å². The Morgan fingerprint density at radius 1 is 1.19 bits per heavy atom. The Hall–Kier alpha value is -0.730. The average Bonchev–Trinajstić information content (AvgIpc) is 2.67. The molecule has 2 rings (SSSR count). The molecule has 3 nitrogen and oxygen atoms in total. The standard InChI is InChI=1S/C13H25N3/c1-13(2,3)11-5-6-12(9-11)16-8-7-15(4)14-10-16/h10-12H,5-9H2,1-4H3. The van der Waals surface area contributed by atoms with Gasteiger partial charge in [-0.25, -0.2) is 0 Å². The molecule has 1 aliphatic heterocycles. The highest BCUT2D eigenvalue weighted by Crippen LogP contribution is 2.40. The van der Waals surface area contributed by atoms with Gasteiger partial charge in [-0.1, -0.05) is 20.8 Å². The van der Waals surface area contributed by atoms with Crippen molar-refractivity contribution in [1.29, 1.82) is 0 Å². The Morgan fingerprint density at radius 2 is 1.94 bits per heavy atom. The summed E-state index contributed by atoms with van der Waals surface area (Å²) in [6.45, 7) is 9.32. The molecule has 0 radical (unpaired) electrons. The van der Waals surface area contributed by atoms with Gasteiger partial charge >= 0.3 is 0 Å². The molecule has 0 N–H and O–H groups in total. The van der Waals surface area contributed by atoms with E-state index in [2.05, 4.69) is 30.8 Å². The van der Waals surface area contributed by atoms with Gasteiger partial charge in [0, 0.05) is 19.6 Å². The van der Waals surface area contributed by atoms with Crippen molar-refractivity contribution in [2.75, 3.05) is 20.1 Å². The van der Waals surface area contributed by atoms with Gasteiger partial charge in [-0.2, -0.15) is 5.10 Å². The van der Waals surface area contributed by atoms with Gasteiger partial charge < -0.3 is 4.90 Å². The van der Waals surface area contributed by atoms with E-state index >= 15 is 0 Å². The molecule has 0 amide bonds. The maximum absolute atomic E-state index is 4.38. The molecule has 2 unspecified atom stereocenters. The van der Waals surface area contributed by atoms with Gasteiger partial charge in [-0.15, -0.1) is 0 Å². The Bertz CT molecular complexity index is 267. The first-order valence-corrected chi connectivity index (χ1v) is 6.48. The first-order chi connectivity index (χ1) is 7.47. The summed E-state index contributed by atoms with van der Waals surface area (Å²) in [5.74, 6) is 0.880. The van der Waals surface area contributed by atoms with Gasteiger partial charge in [0.15, 0.2) is 0 Å². The van der Waals surface area contributed by atoms with E-state index in [0.29, 0.717) is 5.41 Å². The second-order valence-electron chi connectivity index (χ2n) is 6.38. The molecular formula is C13H25N3. The number of nitrogens with zero attached hydrogens (tertiary/aromatic N) is 3. The van der Waals surface area contributed by atoms with Crippen LogP contribution in [0.15, 0.2) is 5.10 Å². The molecule has 0 spiro atoms. The molecule has 16 heavy (non-hydrogen) atoms. The first-order valence-electron chi connectivity index (χ1n) is 6.48. The Labute approximate surface area is 99.5 Å². The topological polar surface area (TPSA) is 18.8 Å². The number of hydrogen-bond donors (Lipinski definition) is 0. The number of hydrogen-bond acceptors (Lipinski definition) is 3. The molecule has 2 aliphatic rings. The number of hydrazone groups is 1. The van der Waals surface area contributed by atoms with Crippen LogP contribution in [0.4, 0.5) is 0 Å². The molecule has 1 aliphatic carbocycles. The van der Waals surface area contributed by atoms with Crippen molar-refractivity contribution in [2.24, 2.45) is 16.4 Å². The van der Waals surface area contributed by atoms with Crippen LogP contribution in [0.3, 0.4) is 0 Å². The van der Waals surface area contributed by atoms with E-state index in [1.165, 1.54) is 19.3 Å². The summed E-state index contributed by atoms with van der Waals surface area (Å²) in [5, 5.41) is 6.40. The SMILES string of the molecule is CN1CCN(C2CCC(C(C)(C)C)C2)C=N1. The lowest BCUT2D eigenvalue weighted by Crippen LogP contribution is -2.41. The van der Waals surface area contributed by atoms with Gasteiger partial charge in [0.2, 0.25) is 0 Å². The third kappa shape index (κ3) is 2.50. The van der Waals surface area contributed by atoms with Gasteiger partial charge in [0.25, 0.3) is 0 Å². The van der Waals surface area contributed by atoms with Crippen LogP contribution in [0.5, 0.6) is 0 Å². The fourth-order valence-electron chi connectivity index (χ4n) is 2.85. The molecule has 0 aromatic heterocycles. The van der Waals surface area contributed by atoms with Crippen molar-refractivity contribution >= 4 is 6.34 Å². The first kappa shape index (κ1) is 11.7. The smallest absolute Gasteiger partial charge is 0.111 e. The highest BCUT2D eigenvalue weighted by Gasteiger charge is 2.35. The predicted molar refractivity (Wildman–Crippen MR) is 68.4 cm³/mol. The number of likely N-dealkylation sites (N-methyl/N-ethyl adjacent to an activating group) is 1. The summed E-state index contributed by atoms with van der Waals surface area (Å²) in [6.07, 6.45) is 6.12. The zero-order chi connectivity index (χ0) is 11.8. The largest absolute Gasteiger partial charge is 0.356 e. The Balaban J connectivity index is 1.92. The Kier molecular flexibility index (Phi) is 3.13. The molecule has 3 heteroatoms. The molecule has 1 heterocycles. The summed E-state index contributed by atoms with van der Waals surface area (Å²) in [5.41, 5.74) is 0.471. The van der Waals surface area contributed by atoms with Crippen LogP contribution in [0.2, 0.25) is 0 Å². The van der Waals surface area contributed by atoms with Gasteiger partial charge in [-0.05, 0) is 30.6 Å². The van der Waals surface area contributed by atoms with E-state index in [1.807, 2.05) is 18.4 Å². The van der Waals surface area contributed by atoms with Crippen LogP contribution in [0.25, 0.3) is 0 Å². The van der Waals surface area contributed by atoms with E-state index in [9.17, 15) is 0 Å². The van der Waals surface area contributed by atoms with Crippen LogP contribution >= 0.6 is 0 Å². The molecule has 0 aromatic rings. The average molecular weight is 223 g/mol. The molecule has 0 bridgehead atoms. The molecular weight excluding hydrogens is 198 g/mol. The fraction of sp³-hybridized carbons (Fsp3) is 0.923. The summed E-state index contributed by atoms with van der Waals surface area (Å²) < 4.78 is 0. The summed E-state index contributed by atoms with van der Waals surface area (Å²) in [6, 6.07) is 0.738. The van der Waals surface area contributed by atoms with Crippen molar-refractivity contribution in [3.8, 4) is 0 Å². The van der Waals surface area contributed by atoms with Gasteiger partial charge in [-0.3, -0.25) is 5.01 Å². The lowest BCUT2D eigenvalue weighted by atomic mass is 9.79. The lowest BCUT2D eigenvalue weighted by Gasteiger charge is -2.33. The second kappa shape index (κ2) is 4.27. The fourth-order valence-corrected chi connectivity index (χ4v) is 2.85. The van der Waals surface area contributed by atoms with E-state index in [4.69, 9.17) is 0 Å². The van der Waals surface area contributed by atoms with E-state index < -0.39 is 0 Å². The van der Waals surface area contributed by atoms with Crippen LogP contribution in [-0.4, -0.2) is 42.4 Å². The summed E-state index contributed by atoms with van der Waals surface area (Å²) >= 11 is 0. The zero-order valence-corrected chi connectivity index (χ0v) is 11.1. The van der Waals surface area contributed by atoms with Gasteiger partial charge in [0.05, 0.1) is 6.54 Å². The van der Waals surface area contributed by atoms with Crippen LogP contribution < -0.4 is 0 Å². The molecule has 1 saturated carbocycles. The van der Waals surface area contributed by atoms with Crippen LogP contribution in [0, 0.1) is 11.3 Å². The second-order valence-corrected chi connectivity index (χ2v) is 6.38. The van der Waals surface area contributed by atoms with Crippen LogP contribution in [-0.2, 0) is 0 Å².